The van der Waals surface area contributed by atoms with Gasteiger partial charge in [-0.2, -0.15) is 0 Å². The molecule has 8 heteroatoms. The molecule has 2 aromatic rings. The minimum absolute atomic E-state index is 0.0396. The highest BCUT2D eigenvalue weighted by Gasteiger charge is 2.39. The molecule has 1 saturated carbocycles. The standard InChI is InChI=1S/C27H30N2O6/c30-24(31)14-16-6-5-11-22(16)28-26(32)25-23(12-13-34-25)29-27(33)35-15-21-19-9-3-1-7-17(19)18-8-2-4-10-20(18)21/h1-4,7-10,16,21-23,25H,5-6,11-15H2,(H,28,32)(H,29,33)(H,30,31)/t16?,22?,23-,25+/m0/s1. The van der Waals surface area contributed by atoms with Gasteiger partial charge in [0.2, 0.25) is 0 Å². The summed E-state index contributed by atoms with van der Waals surface area (Å²) in [6.07, 6.45) is 1.57. The maximum absolute atomic E-state index is 12.9. The summed E-state index contributed by atoms with van der Waals surface area (Å²) in [6.45, 7) is 0.554. The lowest BCUT2D eigenvalue weighted by Crippen LogP contribution is -2.51. The summed E-state index contributed by atoms with van der Waals surface area (Å²) in [5.41, 5.74) is 4.59. The van der Waals surface area contributed by atoms with Crippen molar-refractivity contribution < 1.29 is 29.0 Å². The van der Waals surface area contributed by atoms with Gasteiger partial charge in [0.05, 0.1) is 12.5 Å². The molecule has 1 saturated heterocycles. The molecule has 4 atom stereocenters. The van der Waals surface area contributed by atoms with E-state index in [1.165, 1.54) is 0 Å². The lowest BCUT2D eigenvalue weighted by molar-refractivity contribution is -0.139. The molecule has 2 unspecified atom stereocenters. The van der Waals surface area contributed by atoms with Crippen LogP contribution < -0.4 is 10.6 Å². The second-order valence-electron chi connectivity index (χ2n) is 9.56. The third kappa shape index (κ3) is 4.89. The Morgan fingerprint density at radius 1 is 0.914 bits per heavy atom. The fraction of sp³-hybridized carbons (Fsp3) is 0.444. The molecule has 3 aliphatic rings. The predicted molar refractivity (Wildman–Crippen MR) is 128 cm³/mol. The molecule has 184 valence electrons. The van der Waals surface area contributed by atoms with Crippen LogP contribution >= 0.6 is 0 Å². The number of carbonyl (C=O) groups is 3. The number of fused-ring (bicyclic) bond motifs is 3. The summed E-state index contributed by atoms with van der Waals surface area (Å²) in [4.78, 5) is 36.7. The Morgan fingerprint density at radius 3 is 2.29 bits per heavy atom. The van der Waals surface area contributed by atoms with E-state index in [0.29, 0.717) is 13.0 Å². The Kier molecular flexibility index (Phi) is 6.72. The number of amides is 2. The number of alkyl carbamates (subject to hydrolysis) is 1. The van der Waals surface area contributed by atoms with Crippen molar-refractivity contribution in [1.29, 1.82) is 0 Å². The molecule has 0 aromatic heterocycles. The first-order chi connectivity index (χ1) is 17.0. The van der Waals surface area contributed by atoms with Gasteiger partial charge in [-0.1, -0.05) is 55.0 Å². The minimum atomic E-state index is -0.858. The summed E-state index contributed by atoms with van der Waals surface area (Å²) in [6, 6.07) is 15.6. The van der Waals surface area contributed by atoms with Crippen molar-refractivity contribution in [3.05, 3.63) is 59.7 Å². The monoisotopic (exact) mass is 478 g/mol. The second kappa shape index (κ2) is 10.1. The van der Waals surface area contributed by atoms with E-state index in [4.69, 9.17) is 14.6 Å². The summed E-state index contributed by atoms with van der Waals surface area (Å²) in [5, 5.41) is 14.9. The molecule has 1 heterocycles. The Labute approximate surface area is 204 Å². The number of aliphatic carboxylic acids is 1. The Bertz CT molecular complexity index is 1070. The van der Waals surface area contributed by atoms with Crippen LogP contribution in [0.5, 0.6) is 0 Å². The third-order valence-corrected chi connectivity index (χ3v) is 7.42. The van der Waals surface area contributed by atoms with Gasteiger partial charge in [-0.05, 0) is 47.4 Å². The van der Waals surface area contributed by atoms with Gasteiger partial charge < -0.3 is 25.2 Å². The summed E-state index contributed by atoms with van der Waals surface area (Å²) >= 11 is 0. The molecule has 2 fully saturated rings. The van der Waals surface area contributed by atoms with Gasteiger partial charge in [0.1, 0.15) is 6.61 Å². The highest BCUT2D eigenvalue weighted by atomic mass is 16.6. The van der Waals surface area contributed by atoms with Gasteiger partial charge in [-0.25, -0.2) is 4.79 Å². The lowest BCUT2D eigenvalue weighted by atomic mass is 9.98. The zero-order chi connectivity index (χ0) is 24.4. The van der Waals surface area contributed by atoms with Crippen LogP contribution in [0.15, 0.2) is 48.5 Å². The maximum atomic E-state index is 12.9. The van der Waals surface area contributed by atoms with Gasteiger partial charge in [0.25, 0.3) is 5.91 Å². The van der Waals surface area contributed by atoms with Crippen LogP contribution in [0.1, 0.15) is 49.1 Å². The topological polar surface area (TPSA) is 114 Å². The van der Waals surface area contributed by atoms with E-state index in [0.717, 1.165) is 41.5 Å². The summed E-state index contributed by atoms with van der Waals surface area (Å²) in [5.74, 6) is -1.29. The highest BCUT2D eigenvalue weighted by molar-refractivity contribution is 5.83. The molecule has 2 aliphatic carbocycles. The predicted octanol–water partition coefficient (Wildman–Crippen LogP) is 3.44. The van der Waals surface area contributed by atoms with Crippen molar-refractivity contribution in [3.8, 4) is 11.1 Å². The smallest absolute Gasteiger partial charge is 0.407 e. The van der Waals surface area contributed by atoms with E-state index < -0.39 is 24.2 Å². The number of nitrogens with one attached hydrogen (secondary N) is 2. The third-order valence-electron chi connectivity index (χ3n) is 7.42. The van der Waals surface area contributed by atoms with Crippen LogP contribution in [-0.4, -0.2) is 54.5 Å². The van der Waals surface area contributed by atoms with Gasteiger partial charge in [-0.15, -0.1) is 0 Å². The number of carbonyl (C=O) groups excluding carboxylic acids is 2. The molecular weight excluding hydrogens is 448 g/mol. The number of hydrogen-bond donors (Lipinski definition) is 3. The first kappa shape index (κ1) is 23.4. The quantitative estimate of drug-likeness (QED) is 0.562. The Morgan fingerprint density at radius 2 is 1.60 bits per heavy atom. The molecule has 5 rings (SSSR count). The van der Waals surface area contributed by atoms with E-state index in [1.807, 2.05) is 24.3 Å². The van der Waals surface area contributed by atoms with E-state index in [9.17, 15) is 14.4 Å². The fourth-order valence-corrected chi connectivity index (χ4v) is 5.75. The molecule has 3 N–H and O–H groups in total. The van der Waals surface area contributed by atoms with Gasteiger partial charge >= 0.3 is 12.1 Å². The lowest BCUT2D eigenvalue weighted by Gasteiger charge is -2.24. The fourth-order valence-electron chi connectivity index (χ4n) is 5.75. The Hall–Kier alpha value is -3.39. The molecule has 0 spiro atoms. The molecule has 2 aromatic carbocycles. The average Bonchev–Trinajstić information content (AvgIpc) is 3.56. The normalized spacial score (nSPS) is 25.0. The van der Waals surface area contributed by atoms with Gasteiger partial charge in [-0.3, -0.25) is 9.59 Å². The molecule has 8 nitrogen and oxygen atoms in total. The van der Waals surface area contributed by atoms with Crippen LogP contribution in [0.4, 0.5) is 4.79 Å². The molecule has 2 amide bonds. The molecule has 35 heavy (non-hydrogen) atoms. The van der Waals surface area contributed by atoms with Crippen molar-refractivity contribution in [2.45, 2.75) is 56.2 Å². The van der Waals surface area contributed by atoms with Crippen molar-refractivity contribution in [2.24, 2.45) is 5.92 Å². The zero-order valence-electron chi connectivity index (χ0n) is 19.4. The van der Waals surface area contributed by atoms with E-state index in [2.05, 4.69) is 34.9 Å². The van der Waals surface area contributed by atoms with Crippen LogP contribution in [0, 0.1) is 5.92 Å². The molecular formula is C27H30N2O6. The summed E-state index contributed by atoms with van der Waals surface area (Å²) < 4.78 is 11.2. The SMILES string of the molecule is O=C(O)CC1CCCC1NC(=O)[C@@H]1OCC[C@@H]1NC(=O)OCC1c2ccccc2-c2ccccc21. The molecule has 0 bridgehead atoms. The van der Waals surface area contributed by atoms with Crippen LogP contribution in [0.25, 0.3) is 11.1 Å². The molecule has 1 aliphatic heterocycles. The highest BCUT2D eigenvalue weighted by Crippen LogP contribution is 2.44. The number of carboxylic acid groups (broad SMARTS) is 1. The van der Waals surface area contributed by atoms with Crippen LogP contribution in [0.3, 0.4) is 0 Å². The van der Waals surface area contributed by atoms with Crippen LogP contribution in [0.2, 0.25) is 0 Å². The zero-order valence-corrected chi connectivity index (χ0v) is 19.4. The summed E-state index contributed by atoms with van der Waals surface area (Å²) in [7, 11) is 0. The number of ether oxygens (including phenoxy) is 2. The number of hydrogen-bond acceptors (Lipinski definition) is 5. The first-order valence-corrected chi connectivity index (χ1v) is 12.3. The second-order valence-corrected chi connectivity index (χ2v) is 9.56. The minimum Gasteiger partial charge on any atom is -0.481 e. The maximum Gasteiger partial charge on any atom is 0.407 e. The van der Waals surface area contributed by atoms with Crippen LogP contribution in [-0.2, 0) is 19.1 Å². The van der Waals surface area contributed by atoms with E-state index in [1.54, 1.807) is 0 Å². The van der Waals surface area contributed by atoms with Crippen molar-refractivity contribution in [1.82, 2.24) is 10.6 Å². The molecule has 0 radical (unpaired) electrons. The van der Waals surface area contributed by atoms with E-state index in [-0.39, 0.29) is 36.8 Å². The first-order valence-electron chi connectivity index (χ1n) is 12.3. The van der Waals surface area contributed by atoms with Crippen molar-refractivity contribution in [3.63, 3.8) is 0 Å². The number of benzene rings is 2. The average molecular weight is 479 g/mol. The number of carboxylic acids is 1. The van der Waals surface area contributed by atoms with Crippen molar-refractivity contribution in [2.75, 3.05) is 13.2 Å². The largest absolute Gasteiger partial charge is 0.481 e. The van der Waals surface area contributed by atoms with Crippen molar-refractivity contribution >= 4 is 18.0 Å². The van der Waals surface area contributed by atoms with Gasteiger partial charge in [0, 0.05) is 18.6 Å². The number of rotatable bonds is 7. The van der Waals surface area contributed by atoms with Gasteiger partial charge in [0.15, 0.2) is 6.10 Å². The van der Waals surface area contributed by atoms with E-state index >= 15 is 0 Å². The Balaban J connectivity index is 1.17.